The quantitative estimate of drug-likeness (QED) is 0.504. The van der Waals surface area contributed by atoms with Crippen molar-refractivity contribution in [2.24, 2.45) is 0 Å². The van der Waals surface area contributed by atoms with Crippen molar-refractivity contribution in [1.82, 2.24) is 19.7 Å². The number of nitriles is 1. The van der Waals surface area contributed by atoms with Gasteiger partial charge >= 0.3 is 0 Å². The minimum absolute atomic E-state index is 0.192. The molecule has 4 rings (SSSR count). The van der Waals surface area contributed by atoms with Crippen LogP contribution in [-0.2, 0) is 6.54 Å². The Balaban J connectivity index is 1.66. The molecule has 0 radical (unpaired) electrons. The molecule has 0 atom stereocenters. The van der Waals surface area contributed by atoms with Crippen molar-refractivity contribution in [3.8, 4) is 28.7 Å². The monoisotopic (exact) mass is 377 g/mol. The highest BCUT2D eigenvalue weighted by Gasteiger charge is 2.07. The molecule has 0 fully saturated rings. The second-order valence-electron chi connectivity index (χ2n) is 6.69. The van der Waals surface area contributed by atoms with E-state index in [4.69, 9.17) is 5.26 Å². The molecule has 0 N–H and O–H groups in total. The van der Waals surface area contributed by atoms with E-state index in [-0.39, 0.29) is 5.56 Å². The van der Waals surface area contributed by atoms with Crippen LogP contribution >= 0.6 is 0 Å². The van der Waals surface area contributed by atoms with Crippen molar-refractivity contribution in [2.75, 3.05) is 0 Å². The van der Waals surface area contributed by atoms with Crippen molar-refractivity contribution in [3.05, 3.63) is 94.5 Å². The first-order valence-corrected chi connectivity index (χ1v) is 9.09. The van der Waals surface area contributed by atoms with Crippen LogP contribution in [0.4, 0.5) is 0 Å². The van der Waals surface area contributed by atoms with Gasteiger partial charge in [0.1, 0.15) is 7.85 Å². The average Bonchev–Trinajstić information content (AvgIpc) is 2.76. The molecular formula is C22H16BN5O. The summed E-state index contributed by atoms with van der Waals surface area (Å²) < 4.78 is 1.42. The zero-order valence-corrected chi connectivity index (χ0v) is 15.8. The average molecular weight is 377 g/mol. The summed E-state index contributed by atoms with van der Waals surface area (Å²) in [6, 6.07) is 20.2. The molecular weight excluding hydrogens is 361 g/mol. The van der Waals surface area contributed by atoms with Gasteiger partial charge in [0, 0.05) is 29.6 Å². The lowest BCUT2D eigenvalue weighted by Gasteiger charge is -2.09. The molecule has 29 heavy (non-hydrogen) atoms. The second kappa shape index (κ2) is 7.91. The first-order chi connectivity index (χ1) is 14.1. The maximum absolute atomic E-state index is 12.3. The van der Waals surface area contributed by atoms with E-state index in [1.165, 1.54) is 10.7 Å². The van der Waals surface area contributed by atoms with Gasteiger partial charge in [0.15, 0.2) is 5.82 Å². The summed E-state index contributed by atoms with van der Waals surface area (Å²) in [5.74, 6) is 0.639. The molecule has 0 aliphatic heterocycles. The van der Waals surface area contributed by atoms with E-state index >= 15 is 0 Å². The Hall–Kier alpha value is -4.05. The minimum atomic E-state index is -0.192. The van der Waals surface area contributed by atoms with Gasteiger partial charge in [-0.25, -0.2) is 14.6 Å². The number of hydrogen-bond donors (Lipinski definition) is 0. The maximum atomic E-state index is 12.3. The summed E-state index contributed by atoms with van der Waals surface area (Å²) in [5.41, 5.74) is 4.59. The van der Waals surface area contributed by atoms with Crippen molar-refractivity contribution >= 4 is 13.3 Å². The molecule has 0 aliphatic rings. The first kappa shape index (κ1) is 18.3. The molecule has 6 nitrogen and oxygen atoms in total. The van der Waals surface area contributed by atoms with Crippen LogP contribution in [0.25, 0.3) is 22.6 Å². The van der Waals surface area contributed by atoms with Crippen molar-refractivity contribution in [3.63, 3.8) is 0 Å². The normalized spacial score (nSPS) is 10.4. The summed E-state index contributed by atoms with van der Waals surface area (Å²) in [6.45, 7) is 0.324. The Kier molecular flexibility index (Phi) is 5.00. The molecule has 0 aliphatic carbocycles. The molecule has 2 heterocycles. The molecule has 2 aromatic carbocycles. The Morgan fingerprint density at radius 1 is 0.966 bits per heavy atom. The van der Waals surface area contributed by atoms with Gasteiger partial charge in [-0.2, -0.15) is 10.4 Å². The van der Waals surface area contributed by atoms with Gasteiger partial charge in [0.25, 0.3) is 5.56 Å². The summed E-state index contributed by atoms with van der Waals surface area (Å²) in [6.07, 6.45) is 3.56. The topological polar surface area (TPSA) is 84.5 Å². The highest BCUT2D eigenvalue weighted by molar-refractivity contribution is 6.31. The van der Waals surface area contributed by atoms with Crippen molar-refractivity contribution < 1.29 is 0 Å². The molecule has 0 spiro atoms. The highest BCUT2D eigenvalue weighted by atomic mass is 16.1. The summed E-state index contributed by atoms with van der Waals surface area (Å²) in [5, 5.41) is 13.6. The van der Waals surface area contributed by atoms with Gasteiger partial charge in [0.05, 0.1) is 23.9 Å². The molecule has 0 unspecified atom stereocenters. The van der Waals surface area contributed by atoms with Crippen LogP contribution < -0.4 is 11.0 Å². The van der Waals surface area contributed by atoms with Crippen LogP contribution in [0.5, 0.6) is 0 Å². The number of benzene rings is 2. The number of hydrogen-bond acceptors (Lipinski definition) is 5. The summed E-state index contributed by atoms with van der Waals surface area (Å²) >= 11 is 0. The van der Waals surface area contributed by atoms with Gasteiger partial charge < -0.3 is 0 Å². The van der Waals surface area contributed by atoms with Crippen LogP contribution in [0.1, 0.15) is 11.1 Å². The van der Waals surface area contributed by atoms with Crippen LogP contribution in [0.15, 0.2) is 77.9 Å². The lowest BCUT2D eigenvalue weighted by molar-refractivity contribution is 0.643. The third-order valence-electron chi connectivity index (χ3n) is 4.45. The lowest BCUT2D eigenvalue weighted by atomic mass is 10.0. The molecule has 7 heteroatoms. The highest BCUT2D eigenvalue weighted by Crippen LogP contribution is 2.18. The summed E-state index contributed by atoms with van der Waals surface area (Å²) in [4.78, 5) is 21.1. The fourth-order valence-corrected chi connectivity index (χ4v) is 2.99. The molecule has 0 bridgehead atoms. The van der Waals surface area contributed by atoms with E-state index in [0.717, 1.165) is 22.2 Å². The van der Waals surface area contributed by atoms with Gasteiger partial charge in [-0.15, -0.1) is 0 Å². The largest absolute Gasteiger partial charge is 0.268 e. The van der Waals surface area contributed by atoms with Crippen LogP contribution in [-0.4, -0.2) is 27.6 Å². The standard InChI is InChI=1S/C22H16BN5O/c23-19-12-25-22(26-13-19)18-6-2-4-16(10-18)14-28-21(29)8-7-20(27-28)17-5-1-3-15(9-17)11-24/h1-10,12-13H,14,23H2. The zero-order chi connectivity index (χ0) is 20.2. The molecule has 0 saturated carbocycles. The minimum Gasteiger partial charge on any atom is -0.268 e. The Morgan fingerprint density at radius 2 is 1.72 bits per heavy atom. The van der Waals surface area contributed by atoms with E-state index in [0.29, 0.717) is 23.6 Å². The lowest BCUT2D eigenvalue weighted by Crippen LogP contribution is -2.22. The van der Waals surface area contributed by atoms with Crippen molar-refractivity contribution in [2.45, 2.75) is 6.54 Å². The van der Waals surface area contributed by atoms with Gasteiger partial charge in [-0.1, -0.05) is 35.8 Å². The van der Waals surface area contributed by atoms with E-state index in [2.05, 4.69) is 21.1 Å². The van der Waals surface area contributed by atoms with Crippen LogP contribution in [0, 0.1) is 11.3 Å². The fraction of sp³-hybridized carbons (Fsp3) is 0.0455. The fourth-order valence-electron chi connectivity index (χ4n) is 2.99. The third kappa shape index (κ3) is 4.12. The molecule has 0 saturated heterocycles. The second-order valence-corrected chi connectivity index (χ2v) is 6.69. The van der Waals surface area contributed by atoms with Gasteiger partial charge in [0.2, 0.25) is 0 Å². The molecule has 0 amide bonds. The van der Waals surface area contributed by atoms with Gasteiger partial charge in [-0.05, 0) is 29.8 Å². The third-order valence-corrected chi connectivity index (χ3v) is 4.45. The van der Waals surface area contributed by atoms with E-state index in [1.54, 1.807) is 36.7 Å². The molecule has 138 valence electrons. The number of rotatable bonds is 4. The Bertz CT molecular complexity index is 1280. The zero-order valence-electron chi connectivity index (χ0n) is 15.8. The SMILES string of the molecule is Bc1cnc(-c2cccc(Cn3nc(-c4cccc(C#N)c4)ccc3=O)c2)nc1. The molecule has 4 aromatic rings. The smallest absolute Gasteiger partial charge is 0.267 e. The number of nitrogens with zero attached hydrogens (tertiary/aromatic N) is 5. The van der Waals surface area contributed by atoms with Crippen LogP contribution in [0.3, 0.4) is 0 Å². The van der Waals surface area contributed by atoms with Gasteiger partial charge in [-0.3, -0.25) is 4.79 Å². The predicted molar refractivity (Wildman–Crippen MR) is 113 cm³/mol. The Morgan fingerprint density at radius 3 is 2.52 bits per heavy atom. The van der Waals surface area contributed by atoms with Crippen molar-refractivity contribution in [1.29, 1.82) is 5.26 Å². The first-order valence-electron chi connectivity index (χ1n) is 9.09. The van der Waals surface area contributed by atoms with Crippen LogP contribution in [0.2, 0.25) is 0 Å². The Labute approximate surface area is 168 Å². The maximum Gasteiger partial charge on any atom is 0.267 e. The number of aromatic nitrogens is 4. The predicted octanol–water partition coefficient (Wildman–Crippen LogP) is 1.55. The van der Waals surface area contributed by atoms with E-state index < -0.39 is 0 Å². The summed E-state index contributed by atoms with van der Waals surface area (Å²) in [7, 11) is 1.94. The molecule has 2 aromatic heterocycles. The van der Waals surface area contributed by atoms with E-state index in [9.17, 15) is 4.79 Å². The van der Waals surface area contributed by atoms with E-state index in [1.807, 2.05) is 38.2 Å².